The number of nitrogens with zero attached hydrogens (tertiary/aromatic N) is 5. The van der Waals surface area contributed by atoms with E-state index in [1.807, 2.05) is 42.4 Å². The molecule has 8 nitrogen and oxygen atoms in total. The second-order valence-electron chi connectivity index (χ2n) is 7.34. The van der Waals surface area contributed by atoms with E-state index in [0.29, 0.717) is 24.7 Å². The minimum absolute atomic E-state index is 0.0675. The van der Waals surface area contributed by atoms with Gasteiger partial charge in [-0.15, -0.1) is 0 Å². The molecule has 0 bridgehead atoms. The Kier molecular flexibility index (Phi) is 5.59. The quantitative estimate of drug-likeness (QED) is 0.660. The number of carbonyl (C=O) groups is 1. The van der Waals surface area contributed by atoms with Gasteiger partial charge in [-0.3, -0.25) is 9.48 Å². The van der Waals surface area contributed by atoms with Crippen molar-refractivity contribution in [1.29, 1.82) is 0 Å². The van der Waals surface area contributed by atoms with Crippen molar-refractivity contribution in [3.8, 4) is 17.2 Å². The van der Waals surface area contributed by atoms with Crippen molar-refractivity contribution >= 4 is 5.91 Å². The highest BCUT2D eigenvalue weighted by Gasteiger charge is 2.30. The lowest BCUT2D eigenvalue weighted by molar-refractivity contribution is -0.133. The molecule has 0 unspecified atom stereocenters. The fraction of sp³-hybridized carbons (Fsp3) is 0.429. The number of methoxy groups -OCH3 is 1. The maximum Gasteiger partial charge on any atom is 0.261 e. The molecule has 1 amide bonds. The summed E-state index contributed by atoms with van der Waals surface area (Å²) in [7, 11) is 3.47. The Bertz CT molecular complexity index is 980. The van der Waals surface area contributed by atoms with Gasteiger partial charge in [-0.2, -0.15) is 10.1 Å². The van der Waals surface area contributed by atoms with Crippen molar-refractivity contribution in [2.75, 3.05) is 13.7 Å². The maximum absolute atomic E-state index is 13.2. The van der Waals surface area contributed by atoms with Gasteiger partial charge in [0.2, 0.25) is 5.91 Å². The molecule has 152 valence electrons. The van der Waals surface area contributed by atoms with Crippen LogP contribution in [0.4, 0.5) is 0 Å². The first-order valence-electron chi connectivity index (χ1n) is 9.89. The van der Waals surface area contributed by atoms with Crippen molar-refractivity contribution in [2.24, 2.45) is 7.05 Å². The second kappa shape index (κ2) is 8.46. The molecule has 3 aromatic rings. The van der Waals surface area contributed by atoms with Crippen LogP contribution in [0.1, 0.15) is 43.1 Å². The summed E-state index contributed by atoms with van der Waals surface area (Å²) in [6.45, 7) is 0.699. The molecule has 0 saturated carbocycles. The van der Waals surface area contributed by atoms with Crippen molar-refractivity contribution < 1.29 is 14.1 Å². The predicted molar refractivity (Wildman–Crippen MR) is 106 cm³/mol. The number of carbonyl (C=O) groups excluding carboxylic acids is 1. The van der Waals surface area contributed by atoms with Gasteiger partial charge in [0.15, 0.2) is 5.82 Å². The van der Waals surface area contributed by atoms with E-state index in [0.717, 1.165) is 42.6 Å². The third kappa shape index (κ3) is 4.31. The van der Waals surface area contributed by atoms with E-state index < -0.39 is 0 Å². The van der Waals surface area contributed by atoms with Gasteiger partial charge in [0.1, 0.15) is 5.75 Å². The van der Waals surface area contributed by atoms with Gasteiger partial charge < -0.3 is 14.2 Å². The monoisotopic (exact) mass is 395 g/mol. The average molecular weight is 395 g/mol. The van der Waals surface area contributed by atoms with Gasteiger partial charge in [-0.25, -0.2) is 0 Å². The highest BCUT2D eigenvalue weighted by atomic mass is 16.5. The van der Waals surface area contributed by atoms with Crippen LogP contribution in [0.2, 0.25) is 0 Å². The summed E-state index contributed by atoms with van der Waals surface area (Å²) < 4.78 is 12.4. The molecule has 1 atom stereocenters. The van der Waals surface area contributed by atoms with Crippen LogP contribution in [-0.2, 0) is 18.3 Å². The minimum Gasteiger partial charge on any atom is -0.497 e. The fourth-order valence-corrected chi connectivity index (χ4v) is 3.75. The molecule has 0 radical (unpaired) electrons. The molecule has 1 aromatic carbocycles. The zero-order valence-electron chi connectivity index (χ0n) is 16.7. The van der Waals surface area contributed by atoms with Gasteiger partial charge in [0, 0.05) is 19.8 Å². The third-order valence-electron chi connectivity index (χ3n) is 5.25. The molecule has 29 heavy (non-hydrogen) atoms. The summed E-state index contributed by atoms with van der Waals surface area (Å²) in [6.07, 6.45) is 7.77. The molecule has 3 heterocycles. The summed E-state index contributed by atoms with van der Waals surface area (Å²) >= 11 is 0. The molecule has 1 fully saturated rings. The van der Waals surface area contributed by atoms with Gasteiger partial charge >= 0.3 is 0 Å². The molecule has 0 N–H and O–H groups in total. The first-order valence-corrected chi connectivity index (χ1v) is 9.89. The van der Waals surface area contributed by atoms with E-state index in [4.69, 9.17) is 9.26 Å². The fourth-order valence-electron chi connectivity index (χ4n) is 3.75. The van der Waals surface area contributed by atoms with Gasteiger partial charge in [-0.1, -0.05) is 30.1 Å². The first-order chi connectivity index (χ1) is 14.1. The first kappa shape index (κ1) is 19.2. The van der Waals surface area contributed by atoms with Crippen LogP contribution in [-0.4, -0.2) is 44.4 Å². The second-order valence-corrected chi connectivity index (χ2v) is 7.34. The largest absolute Gasteiger partial charge is 0.497 e. The van der Waals surface area contributed by atoms with E-state index in [-0.39, 0.29) is 11.9 Å². The van der Waals surface area contributed by atoms with E-state index in [9.17, 15) is 4.79 Å². The van der Waals surface area contributed by atoms with E-state index in [1.165, 1.54) is 0 Å². The van der Waals surface area contributed by atoms with Gasteiger partial charge in [0.25, 0.3) is 5.89 Å². The molecule has 8 heteroatoms. The number of aromatic nitrogens is 4. The number of hydrogen-bond donors (Lipinski definition) is 0. The van der Waals surface area contributed by atoms with Crippen LogP contribution in [0.5, 0.6) is 5.75 Å². The van der Waals surface area contributed by atoms with Crippen molar-refractivity contribution in [3.05, 3.63) is 48.0 Å². The lowest BCUT2D eigenvalue weighted by atomic mass is 10.1. The molecular weight excluding hydrogens is 370 g/mol. The predicted octanol–water partition coefficient (Wildman–Crippen LogP) is 3.17. The minimum atomic E-state index is -0.176. The number of hydrogen-bond acceptors (Lipinski definition) is 6. The third-order valence-corrected chi connectivity index (χ3v) is 5.25. The van der Waals surface area contributed by atoms with Crippen molar-refractivity contribution in [3.63, 3.8) is 0 Å². The summed E-state index contributed by atoms with van der Waals surface area (Å²) in [4.78, 5) is 19.7. The molecule has 4 rings (SSSR count). The standard InChI is InChI=1S/C21H25N5O3/c1-25-14-16(13-22-25)21-23-20(24-29-21)18-9-4-3-5-10-26(18)19(27)12-15-7-6-8-17(11-15)28-2/h6-8,11,13-14,18H,3-5,9-10,12H2,1-2H3/t18-/m0/s1. The zero-order valence-corrected chi connectivity index (χ0v) is 16.7. The normalized spacial score (nSPS) is 17.2. The highest BCUT2D eigenvalue weighted by Crippen LogP contribution is 2.30. The molecule has 0 aliphatic carbocycles. The Morgan fingerprint density at radius 1 is 1.31 bits per heavy atom. The Morgan fingerprint density at radius 2 is 2.21 bits per heavy atom. The summed E-state index contributed by atoms with van der Waals surface area (Å²) in [6, 6.07) is 7.45. The van der Waals surface area contributed by atoms with Gasteiger partial charge in [-0.05, 0) is 30.5 Å². The number of benzene rings is 1. The van der Waals surface area contributed by atoms with Crippen LogP contribution in [0.25, 0.3) is 11.5 Å². The Morgan fingerprint density at radius 3 is 3.00 bits per heavy atom. The van der Waals surface area contributed by atoms with Crippen LogP contribution < -0.4 is 4.74 Å². The lowest BCUT2D eigenvalue weighted by Crippen LogP contribution is -2.36. The lowest BCUT2D eigenvalue weighted by Gasteiger charge is -2.28. The van der Waals surface area contributed by atoms with Crippen molar-refractivity contribution in [2.45, 2.75) is 38.1 Å². The van der Waals surface area contributed by atoms with Crippen LogP contribution >= 0.6 is 0 Å². The molecule has 1 aliphatic heterocycles. The molecule has 1 aliphatic rings. The SMILES string of the molecule is COc1cccc(CC(=O)N2CCCCC[C@H]2c2noc(-c3cnn(C)c3)n2)c1. The van der Waals surface area contributed by atoms with Crippen LogP contribution in [0.15, 0.2) is 41.2 Å². The average Bonchev–Trinajstić information content (AvgIpc) is 3.31. The zero-order chi connectivity index (χ0) is 20.2. The Balaban J connectivity index is 1.55. The molecule has 0 spiro atoms. The van der Waals surface area contributed by atoms with Crippen LogP contribution in [0.3, 0.4) is 0 Å². The topological polar surface area (TPSA) is 86.3 Å². The number of ether oxygens (including phenoxy) is 1. The van der Waals surface area contributed by atoms with E-state index >= 15 is 0 Å². The van der Waals surface area contributed by atoms with Crippen LogP contribution in [0, 0.1) is 0 Å². The Labute approximate surface area is 169 Å². The molecular formula is C21H25N5O3. The Hall–Kier alpha value is -3.16. The maximum atomic E-state index is 13.2. The summed E-state index contributed by atoms with van der Waals surface area (Å²) in [5.74, 6) is 1.81. The smallest absolute Gasteiger partial charge is 0.261 e. The summed E-state index contributed by atoms with van der Waals surface area (Å²) in [5, 5.41) is 8.35. The number of likely N-dealkylation sites (tertiary alicyclic amines) is 1. The van der Waals surface area contributed by atoms with Gasteiger partial charge in [0.05, 0.1) is 31.3 Å². The van der Waals surface area contributed by atoms with E-state index in [2.05, 4.69) is 15.2 Å². The molecule has 2 aromatic heterocycles. The highest BCUT2D eigenvalue weighted by molar-refractivity contribution is 5.79. The number of rotatable bonds is 5. The van der Waals surface area contributed by atoms with E-state index in [1.54, 1.807) is 18.0 Å². The summed E-state index contributed by atoms with van der Waals surface area (Å²) in [5.41, 5.74) is 1.70. The molecule has 1 saturated heterocycles. The number of aryl methyl sites for hydroxylation is 1. The van der Waals surface area contributed by atoms with Crippen molar-refractivity contribution in [1.82, 2.24) is 24.8 Å². The number of amides is 1.